The van der Waals surface area contributed by atoms with Crippen molar-refractivity contribution in [2.45, 2.75) is 5.92 Å². The van der Waals surface area contributed by atoms with Crippen molar-refractivity contribution in [2.24, 2.45) is 7.05 Å². The van der Waals surface area contributed by atoms with E-state index < -0.39 is 5.92 Å². The maximum absolute atomic E-state index is 12.0. The number of thioether (sulfide) groups is 1. The Labute approximate surface area is 115 Å². The number of aromatic nitrogens is 2. The molecular formula is C14H13N3OS. The van der Waals surface area contributed by atoms with Gasteiger partial charge in [0.15, 0.2) is 11.7 Å². The molecule has 0 spiro atoms. The number of benzene rings is 1. The second-order valence-electron chi connectivity index (χ2n) is 4.02. The number of aryl methyl sites for hydroxylation is 1. The van der Waals surface area contributed by atoms with Gasteiger partial charge in [-0.2, -0.15) is 5.26 Å². The average Bonchev–Trinajstić information content (AvgIpc) is 2.75. The van der Waals surface area contributed by atoms with Crippen molar-refractivity contribution in [1.82, 2.24) is 9.55 Å². The summed E-state index contributed by atoms with van der Waals surface area (Å²) in [5, 5.41) is 10.9. The molecule has 0 saturated heterocycles. The van der Waals surface area contributed by atoms with Gasteiger partial charge >= 0.3 is 0 Å². The zero-order chi connectivity index (χ0) is 13.8. The van der Waals surface area contributed by atoms with Crippen molar-refractivity contribution < 1.29 is 4.79 Å². The first-order valence-corrected chi connectivity index (χ1v) is 7.02. The molecular weight excluding hydrogens is 258 g/mol. The Morgan fingerprint density at radius 3 is 2.89 bits per heavy atom. The standard InChI is InChI=1S/C14H13N3OS/c1-17-12-6-4-3-5-11(12)16-14(17)10(9-15)13(18)7-8-19-2/h3-8,10H,1-2H3. The number of nitrogens with zero attached hydrogens (tertiary/aromatic N) is 3. The van der Waals surface area contributed by atoms with E-state index in [-0.39, 0.29) is 5.78 Å². The second-order valence-corrected chi connectivity index (χ2v) is 4.76. The summed E-state index contributed by atoms with van der Waals surface area (Å²) in [7, 11) is 1.82. The molecule has 0 aliphatic carbocycles. The minimum atomic E-state index is -0.860. The van der Waals surface area contributed by atoms with Crippen LogP contribution in [0.5, 0.6) is 0 Å². The minimum Gasteiger partial charge on any atom is -0.330 e. The number of fused-ring (bicyclic) bond motifs is 1. The molecule has 96 valence electrons. The van der Waals surface area contributed by atoms with E-state index in [0.717, 1.165) is 11.0 Å². The van der Waals surface area contributed by atoms with Crippen molar-refractivity contribution in [3.8, 4) is 6.07 Å². The van der Waals surface area contributed by atoms with E-state index in [1.165, 1.54) is 17.8 Å². The van der Waals surface area contributed by atoms with Crippen molar-refractivity contribution in [1.29, 1.82) is 5.26 Å². The number of nitriles is 1. The number of allylic oxidation sites excluding steroid dienone is 1. The Morgan fingerprint density at radius 1 is 1.53 bits per heavy atom. The van der Waals surface area contributed by atoms with Crippen LogP contribution < -0.4 is 0 Å². The monoisotopic (exact) mass is 271 g/mol. The summed E-state index contributed by atoms with van der Waals surface area (Å²) < 4.78 is 1.80. The van der Waals surface area contributed by atoms with Gasteiger partial charge in [0.1, 0.15) is 5.82 Å². The number of hydrogen-bond acceptors (Lipinski definition) is 4. The first-order valence-electron chi connectivity index (χ1n) is 5.73. The Balaban J connectivity index is 2.47. The molecule has 0 aliphatic heterocycles. The lowest BCUT2D eigenvalue weighted by Crippen LogP contribution is -2.13. The highest BCUT2D eigenvalue weighted by atomic mass is 32.2. The summed E-state index contributed by atoms with van der Waals surface area (Å²) in [5.74, 6) is -0.615. The smallest absolute Gasteiger partial charge is 0.181 e. The normalized spacial score (nSPS) is 12.7. The van der Waals surface area contributed by atoms with Crippen molar-refractivity contribution in [3.63, 3.8) is 0 Å². The van der Waals surface area contributed by atoms with E-state index in [0.29, 0.717) is 5.82 Å². The molecule has 1 unspecified atom stereocenters. The number of imidazole rings is 1. The zero-order valence-electron chi connectivity index (χ0n) is 10.7. The quantitative estimate of drug-likeness (QED) is 0.802. The zero-order valence-corrected chi connectivity index (χ0v) is 11.5. The second kappa shape index (κ2) is 5.72. The van der Waals surface area contributed by atoms with Gasteiger partial charge in [-0.05, 0) is 29.9 Å². The Morgan fingerprint density at radius 2 is 2.26 bits per heavy atom. The predicted molar refractivity (Wildman–Crippen MR) is 76.7 cm³/mol. The summed E-state index contributed by atoms with van der Waals surface area (Å²) >= 11 is 1.42. The molecule has 1 aromatic heterocycles. The fourth-order valence-electron chi connectivity index (χ4n) is 1.90. The number of carbonyl (C=O) groups is 1. The number of hydrogen-bond donors (Lipinski definition) is 0. The largest absolute Gasteiger partial charge is 0.330 e. The van der Waals surface area contributed by atoms with E-state index >= 15 is 0 Å². The van der Waals surface area contributed by atoms with Gasteiger partial charge in [0.25, 0.3) is 0 Å². The number of ketones is 1. The van der Waals surface area contributed by atoms with E-state index in [2.05, 4.69) is 4.98 Å². The number of para-hydroxylation sites is 2. The molecule has 1 heterocycles. The van der Waals surface area contributed by atoms with Gasteiger partial charge in [-0.3, -0.25) is 4.79 Å². The van der Waals surface area contributed by atoms with Gasteiger partial charge in [0.2, 0.25) is 0 Å². The summed E-state index contributed by atoms with van der Waals surface area (Å²) in [4.78, 5) is 16.4. The van der Waals surface area contributed by atoms with Gasteiger partial charge < -0.3 is 4.57 Å². The van der Waals surface area contributed by atoms with Crippen molar-refractivity contribution in [3.05, 3.63) is 41.6 Å². The van der Waals surface area contributed by atoms with Crippen LogP contribution in [-0.4, -0.2) is 21.6 Å². The first kappa shape index (κ1) is 13.4. The molecule has 19 heavy (non-hydrogen) atoms. The van der Waals surface area contributed by atoms with E-state index in [9.17, 15) is 10.1 Å². The number of carbonyl (C=O) groups excluding carboxylic acids is 1. The van der Waals surface area contributed by atoms with E-state index in [4.69, 9.17) is 0 Å². The fourth-order valence-corrected chi connectivity index (χ4v) is 2.17. The molecule has 0 radical (unpaired) electrons. The molecule has 1 atom stereocenters. The van der Waals surface area contributed by atoms with Crippen LogP contribution in [-0.2, 0) is 11.8 Å². The maximum Gasteiger partial charge on any atom is 0.181 e. The van der Waals surface area contributed by atoms with Crippen LogP contribution in [0.2, 0.25) is 0 Å². The van der Waals surface area contributed by atoms with Crippen LogP contribution >= 0.6 is 11.8 Å². The third-order valence-electron chi connectivity index (χ3n) is 2.86. The SMILES string of the molecule is CSC=CC(=O)C(C#N)c1nc2ccccc2n1C. The Kier molecular flexibility index (Phi) is 4.03. The lowest BCUT2D eigenvalue weighted by molar-refractivity contribution is -0.115. The highest BCUT2D eigenvalue weighted by Gasteiger charge is 2.23. The van der Waals surface area contributed by atoms with Crippen LogP contribution in [0.1, 0.15) is 11.7 Å². The summed E-state index contributed by atoms with van der Waals surface area (Å²) in [6, 6.07) is 9.62. The Bertz CT molecular complexity index is 682. The van der Waals surface area contributed by atoms with Crippen LogP contribution in [0, 0.1) is 11.3 Å². The molecule has 5 heteroatoms. The van der Waals surface area contributed by atoms with Crippen molar-refractivity contribution >= 4 is 28.6 Å². The molecule has 2 rings (SSSR count). The minimum absolute atomic E-state index is 0.241. The third kappa shape index (κ3) is 2.54. The molecule has 2 aromatic rings. The van der Waals surface area contributed by atoms with Gasteiger partial charge in [-0.25, -0.2) is 4.98 Å². The van der Waals surface area contributed by atoms with E-state index in [1.54, 1.807) is 9.98 Å². The van der Waals surface area contributed by atoms with E-state index in [1.807, 2.05) is 43.6 Å². The topological polar surface area (TPSA) is 58.7 Å². The molecule has 0 bridgehead atoms. The summed E-state index contributed by atoms with van der Waals surface area (Å²) in [6.45, 7) is 0. The summed E-state index contributed by atoms with van der Waals surface area (Å²) in [6.07, 6.45) is 3.29. The first-order chi connectivity index (χ1) is 9.19. The lowest BCUT2D eigenvalue weighted by Gasteiger charge is -2.05. The highest BCUT2D eigenvalue weighted by molar-refractivity contribution is 8.01. The van der Waals surface area contributed by atoms with Crippen LogP contribution in [0.15, 0.2) is 35.7 Å². The van der Waals surface area contributed by atoms with Crippen molar-refractivity contribution in [2.75, 3.05) is 6.26 Å². The molecule has 0 N–H and O–H groups in total. The van der Waals surface area contributed by atoms with Gasteiger partial charge in [-0.1, -0.05) is 12.1 Å². The molecule has 1 aromatic carbocycles. The number of rotatable bonds is 4. The molecule has 0 aliphatic rings. The summed E-state index contributed by atoms with van der Waals surface area (Å²) in [5.41, 5.74) is 1.71. The van der Waals surface area contributed by atoms with Crippen LogP contribution in [0.25, 0.3) is 11.0 Å². The van der Waals surface area contributed by atoms with Gasteiger partial charge in [-0.15, -0.1) is 11.8 Å². The third-order valence-corrected chi connectivity index (χ3v) is 3.27. The lowest BCUT2D eigenvalue weighted by atomic mass is 10.1. The average molecular weight is 271 g/mol. The van der Waals surface area contributed by atoms with Gasteiger partial charge in [0.05, 0.1) is 17.1 Å². The molecule has 0 saturated carbocycles. The Hall–Kier alpha value is -2.06. The molecule has 0 fully saturated rings. The van der Waals surface area contributed by atoms with Crippen LogP contribution in [0.3, 0.4) is 0 Å². The van der Waals surface area contributed by atoms with Crippen LogP contribution in [0.4, 0.5) is 0 Å². The molecule has 0 amide bonds. The fraction of sp³-hybridized carbons (Fsp3) is 0.214. The highest BCUT2D eigenvalue weighted by Crippen LogP contribution is 2.21. The maximum atomic E-state index is 12.0. The molecule has 4 nitrogen and oxygen atoms in total. The van der Waals surface area contributed by atoms with Gasteiger partial charge in [0, 0.05) is 7.05 Å². The predicted octanol–water partition coefficient (Wildman–Crippen LogP) is 2.63.